The van der Waals surface area contributed by atoms with Crippen molar-refractivity contribution in [1.82, 2.24) is 18.8 Å². The molecule has 0 atom stereocenters. The number of hydrogen-bond donors (Lipinski definition) is 0. The van der Waals surface area contributed by atoms with Crippen LogP contribution in [0, 0.1) is 0 Å². The van der Waals surface area contributed by atoms with Crippen molar-refractivity contribution in [1.29, 1.82) is 0 Å². The van der Waals surface area contributed by atoms with Gasteiger partial charge in [-0.25, -0.2) is 18.4 Å². The number of fused-ring (bicyclic) bond motifs is 1. The number of benzene rings is 1. The summed E-state index contributed by atoms with van der Waals surface area (Å²) in [6.45, 7) is 7.68. The minimum absolute atomic E-state index is 0.0117. The molecule has 0 aliphatic carbocycles. The minimum atomic E-state index is -3.51. The fourth-order valence-electron chi connectivity index (χ4n) is 4.21. The van der Waals surface area contributed by atoms with E-state index >= 15 is 0 Å². The molecule has 3 aromatic rings. The normalized spacial score (nSPS) is 16.8. The summed E-state index contributed by atoms with van der Waals surface area (Å²) in [6.07, 6.45) is 3.17. The Bertz CT molecular complexity index is 1160. The predicted octanol–water partition coefficient (Wildman–Crippen LogP) is 3.90. The molecule has 0 spiro atoms. The van der Waals surface area contributed by atoms with Gasteiger partial charge < -0.3 is 9.30 Å². The van der Waals surface area contributed by atoms with E-state index in [0.29, 0.717) is 37.4 Å². The quantitative estimate of drug-likeness (QED) is 0.599. The van der Waals surface area contributed by atoms with Crippen molar-refractivity contribution in [3.8, 4) is 0 Å². The Labute approximate surface area is 184 Å². The molecule has 166 valence electrons. The molecule has 4 rings (SSSR count). The van der Waals surface area contributed by atoms with Gasteiger partial charge in [-0.05, 0) is 48.1 Å². The number of rotatable bonds is 5. The first-order valence-corrected chi connectivity index (χ1v) is 12.1. The summed E-state index contributed by atoms with van der Waals surface area (Å²) in [5, 5.41) is 0. The fourth-order valence-corrected chi connectivity index (χ4v) is 5.68. The van der Waals surface area contributed by atoms with E-state index in [1.807, 2.05) is 24.3 Å². The molecule has 1 aromatic carbocycles. The van der Waals surface area contributed by atoms with Crippen LogP contribution in [-0.2, 0) is 26.8 Å². The highest BCUT2D eigenvalue weighted by molar-refractivity contribution is 7.89. The van der Waals surface area contributed by atoms with Crippen LogP contribution >= 0.6 is 0 Å². The van der Waals surface area contributed by atoms with E-state index in [2.05, 4.69) is 35.3 Å². The molecule has 0 saturated carbocycles. The van der Waals surface area contributed by atoms with Gasteiger partial charge in [0.1, 0.15) is 17.9 Å². The number of nitrogens with zero attached hydrogens (tertiary/aromatic N) is 4. The summed E-state index contributed by atoms with van der Waals surface area (Å²) in [5.41, 5.74) is 2.77. The van der Waals surface area contributed by atoms with Gasteiger partial charge in [-0.15, -0.1) is 0 Å². The van der Waals surface area contributed by atoms with Crippen molar-refractivity contribution in [3.05, 3.63) is 54.0 Å². The Morgan fingerprint density at radius 2 is 1.77 bits per heavy atom. The highest BCUT2D eigenvalue weighted by Crippen LogP contribution is 2.31. The third kappa shape index (κ3) is 4.24. The lowest BCUT2D eigenvalue weighted by Crippen LogP contribution is -2.39. The first-order valence-electron chi connectivity index (χ1n) is 10.6. The average molecular weight is 443 g/mol. The maximum atomic E-state index is 13.2. The topological polar surface area (TPSA) is 77.3 Å². The summed E-state index contributed by atoms with van der Waals surface area (Å²) >= 11 is 0. The second-order valence-corrected chi connectivity index (χ2v) is 11.0. The van der Waals surface area contributed by atoms with Crippen molar-refractivity contribution < 1.29 is 13.2 Å². The molecule has 0 radical (unpaired) electrons. The third-order valence-electron chi connectivity index (χ3n) is 5.94. The van der Waals surface area contributed by atoms with E-state index < -0.39 is 10.0 Å². The van der Waals surface area contributed by atoms with E-state index in [1.165, 1.54) is 0 Å². The molecule has 3 heterocycles. The van der Waals surface area contributed by atoms with Crippen molar-refractivity contribution in [2.75, 3.05) is 20.2 Å². The molecule has 0 amide bonds. The van der Waals surface area contributed by atoms with Gasteiger partial charge in [0.05, 0.1) is 4.90 Å². The summed E-state index contributed by atoms with van der Waals surface area (Å²) < 4.78 is 35.5. The van der Waals surface area contributed by atoms with Crippen molar-refractivity contribution >= 4 is 21.2 Å². The molecule has 1 fully saturated rings. The number of aromatic nitrogens is 3. The number of hydrogen-bond acceptors (Lipinski definition) is 5. The Kier molecular flexibility index (Phi) is 5.89. The van der Waals surface area contributed by atoms with Crippen LogP contribution in [0.4, 0.5) is 0 Å². The second kappa shape index (κ2) is 8.33. The van der Waals surface area contributed by atoms with Gasteiger partial charge in [-0.2, -0.15) is 4.31 Å². The van der Waals surface area contributed by atoms with E-state index in [-0.39, 0.29) is 11.5 Å². The zero-order chi connectivity index (χ0) is 22.2. The van der Waals surface area contributed by atoms with Gasteiger partial charge in [0.2, 0.25) is 10.0 Å². The Balaban J connectivity index is 1.54. The Morgan fingerprint density at radius 1 is 1.10 bits per heavy atom. The first kappa shape index (κ1) is 21.9. The zero-order valence-corrected chi connectivity index (χ0v) is 19.4. The molecule has 0 unspecified atom stereocenters. The number of pyridine rings is 1. The van der Waals surface area contributed by atoms with E-state index in [0.717, 1.165) is 22.6 Å². The van der Waals surface area contributed by atoms with E-state index in [1.54, 1.807) is 29.7 Å². The van der Waals surface area contributed by atoms with Crippen molar-refractivity contribution in [2.45, 2.75) is 56.6 Å². The number of ether oxygens (including phenoxy) is 1. The number of imidazole rings is 1. The summed E-state index contributed by atoms with van der Waals surface area (Å²) in [6, 6.07) is 11.2. The van der Waals surface area contributed by atoms with Crippen LogP contribution in [0.2, 0.25) is 0 Å². The second-order valence-electron chi connectivity index (χ2n) is 9.09. The number of methoxy groups -OCH3 is 1. The van der Waals surface area contributed by atoms with E-state index in [9.17, 15) is 8.42 Å². The Hall–Kier alpha value is -2.29. The fraction of sp³-hybridized carbons (Fsp3) is 0.478. The van der Waals surface area contributed by atoms with Crippen molar-refractivity contribution in [2.24, 2.45) is 0 Å². The average Bonchev–Trinajstić information content (AvgIpc) is 3.11. The van der Waals surface area contributed by atoms with Crippen LogP contribution in [0.3, 0.4) is 0 Å². The Morgan fingerprint density at radius 3 is 2.39 bits per heavy atom. The van der Waals surface area contributed by atoms with Gasteiger partial charge in [0.15, 0.2) is 5.65 Å². The molecule has 7 nitrogen and oxygen atoms in total. The summed E-state index contributed by atoms with van der Waals surface area (Å²) in [7, 11) is -1.86. The van der Waals surface area contributed by atoms with Gasteiger partial charge in [0.25, 0.3) is 0 Å². The van der Waals surface area contributed by atoms with Crippen LogP contribution < -0.4 is 0 Å². The third-order valence-corrected chi connectivity index (χ3v) is 7.85. The monoisotopic (exact) mass is 442 g/mol. The minimum Gasteiger partial charge on any atom is -0.377 e. The molecule has 1 aliphatic heterocycles. The molecule has 2 aromatic heterocycles. The van der Waals surface area contributed by atoms with Gasteiger partial charge >= 0.3 is 0 Å². The molecular weight excluding hydrogens is 412 g/mol. The maximum Gasteiger partial charge on any atom is 0.243 e. The SMILES string of the molecule is COCc1nc2cccnc2n1C1CCN(S(=O)(=O)c2ccc(C(C)(C)C)cc2)CC1. The van der Waals surface area contributed by atoms with Gasteiger partial charge in [-0.1, -0.05) is 32.9 Å². The molecular formula is C23H30N4O3S. The van der Waals surface area contributed by atoms with Gasteiger partial charge in [-0.3, -0.25) is 0 Å². The van der Waals surface area contributed by atoms with Crippen LogP contribution in [-0.4, -0.2) is 47.5 Å². The van der Waals surface area contributed by atoms with Crippen molar-refractivity contribution in [3.63, 3.8) is 0 Å². The molecule has 8 heteroatoms. The molecule has 1 aliphatic rings. The lowest BCUT2D eigenvalue weighted by molar-refractivity contribution is 0.168. The highest BCUT2D eigenvalue weighted by Gasteiger charge is 2.32. The van der Waals surface area contributed by atoms with Crippen LogP contribution in [0.25, 0.3) is 11.2 Å². The largest absolute Gasteiger partial charge is 0.377 e. The van der Waals surface area contributed by atoms with Crippen LogP contribution in [0.1, 0.15) is 51.0 Å². The standard InChI is InChI=1S/C23H30N4O3S/c1-23(2,3)17-7-9-19(10-8-17)31(28,29)26-14-11-18(12-15-26)27-21(16-30-4)25-20-6-5-13-24-22(20)27/h5-10,13,18H,11-12,14-16H2,1-4H3. The summed E-state index contributed by atoms with van der Waals surface area (Å²) in [4.78, 5) is 9.54. The van der Waals surface area contributed by atoms with Gasteiger partial charge in [0, 0.05) is 32.4 Å². The zero-order valence-electron chi connectivity index (χ0n) is 18.6. The van der Waals surface area contributed by atoms with Crippen LogP contribution in [0.15, 0.2) is 47.5 Å². The first-order chi connectivity index (χ1) is 14.7. The molecule has 1 saturated heterocycles. The lowest BCUT2D eigenvalue weighted by atomic mass is 9.87. The molecule has 0 bridgehead atoms. The smallest absolute Gasteiger partial charge is 0.243 e. The maximum absolute atomic E-state index is 13.2. The summed E-state index contributed by atoms with van der Waals surface area (Å²) in [5.74, 6) is 0.829. The van der Waals surface area contributed by atoms with Crippen LogP contribution in [0.5, 0.6) is 0 Å². The number of sulfonamides is 1. The lowest BCUT2D eigenvalue weighted by Gasteiger charge is -2.32. The molecule has 31 heavy (non-hydrogen) atoms. The number of piperidine rings is 1. The predicted molar refractivity (Wildman–Crippen MR) is 120 cm³/mol. The van der Waals surface area contributed by atoms with E-state index in [4.69, 9.17) is 4.74 Å². The highest BCUT2D eigenvalue weighted by atomic mass is 32.2. The molecule has 0 N–H and O–H groups in total.